The summed E-state index contributed by atoms with van der Waals surface area (Å²) >= 11 is 0. The number of carbonyl (C=O) groups is 1. The second-order valence-corrected chi connectivity index (χ2v) is 5.49. The molecule has 1 fully saturated rings. The van der Waals surface area contributed by atoms with E-state index in [-0.39, 0.29) is 5.97 Å². The predicted octanol–water partition coefficient (Wildman–Crippen LogP) is 2.15. The van der Waals surface area contributed by atoms with Gasteiger partial charge in [0.1, 0.15) is 5.82 Å². The van der Waals surface area contributed by atoms with E-state index in [1.807, 2.05) is 19.1 Å². The topological polar surface area (TPSA) is 76.6 Å². The molecule has 0 atom stereocenters. The molecule has 7 heteroatoms. The number of hydrogen-bond acceptors (Lipinski definition) is 7. The first kappa shape index (κ1) is 16.2. The fraction of sp³-hybridized carbons (Fsp3) is 0.353. The van der Waals surface area contributed by atoms with Crippen LogP contribution in [0.4, 0.5) is 17.5 Å². The Kier molecular flexibility index (Phi) is 4.90. The number of methoxy groups -OCH3 is 1. The highest BCUT2D eigenvalue weighted by molar-refractivity contribution is 5.90. The van der Waals surface area contributed by atoms with E-state index >= 15 is 0 Å². The summed E-state index contributed by atoms with van der Waals surface area (Å²) < 4.78 is 10.1. The first-order valence-corrected chi connectivity index (χ1v) is 7.79. The average Bonchev–Trinajstić information content (AvgIpc) is 2.61. The van der Waals surface area contributed by atoms with Crippen molar-refractivity contribution in [2.24, 2.45) is 0 Å². The van der Waals surface area contributed by atoms with Gasteiger partial charge in [0.15, 0.2) is 0 Å². The largest absolute Gasteiger partial charge is 0.465 e. The zero-order chi connectivity index (χ0) is 16.9. The molecule has 3 rings (SSSR count). The summed E-state index contributed by atoms with van der Waals surface area (Å²) in [6.07, 6.45) is 0. The van der Waals surface area contributed by atoms with Crippen LogP contribution in [0.2, 0.25) is 0 Å². The number of anilines is 3. The molecule has 0 saturated carbocycles. The molecule has 1 aliphatic heterocycles. The maximum atomic E-state index is 11.6. The Balaban J connectivity index is 1.82. The van der Waals surface area contributed by atoms with Gasteiger partial charge in [-0.1, -0.05) is 6.07 Å². The van der Waals surface area contributed by atoms with Crippen LogP contribution in [0.5, 0.6) is 0 Å². The average molecular weight is 328 g/mol. The maximum Gasteiger partial charge on any atom is 0.337 e. The lowest BCUT2D eigenvalue weighted by molar-refractivity contribution is 0.0601. The van der Waals surface area contributed by atoms with Crippen LogP contribution in [-0.4, -0.2) is 49.4 Å². The van der Waals surface area contributed by atoms with Crippen LogP contribution in [-0.2, 0) is 9.47 Å². The van der Waals surface area contributed by atoms with Crippen molar-refractivity contribution >= 4 is 23.4 Å². The maximum absolute atomic E-state index is 11.6. The number of aryl methyl sites for hydroxylation is 1. The minimum atomic E-state index is -0.369. The Morgan fingerprint density at radius 1 is 1.25 bits per heavy atom. The zero-order valence-corrected chi connectivity index (χ0v) is 13.8. The molecule has 0 bridgehead atoms. The van der Waals surface area contributed by atoms with Crippen LogP contribution in [0.3, 0.4) is 0 Å². The zero-order valence-electron chi connectivity index (χ0n) is 13.8. The second-order valence-electron chi connectivity index (χ2n) is 5.49. The van der Waals surface area contributed by atoms with Crippen LogP contribution in [0.1, 0.15) is 16.1 Å². The van der Waals surface area contributed by atoms with Crippen LogP contribution in [0.15, 0.2) is 30.3 Å². The van der Waals surface area contributed by atoms with Crippen molar-refractivity contribution in [3.63, 3.8) is 0 Å². The van der Waals surface area contributed by atoms with Gasteiger partial charge in [-0.3, -0.25) is 0 Å². The summed E-state index contributed by atoms with van der Waals surface area (Å²) in [7, 11) is 1.37. The smallest absolute Gasteiger partial charge is 0.337 e. The quantitative estimate of drug-likeness (QED) is 0.862. The monoisotopic (exact) mass is 328 g/mol. The highest BCUT2D eigenvalue weighted by Crippen LogP contribution is 2.20. The molecule has 1 saturated heterocycles. The summed E-state index contributed by atoms with van der Waals surface area (Å²) in [5, 5.41) is 3.23. The molecule has 0 unspecified atom stereocenters. The molecule has 0 amide bonds. The number of nitrogens with one attached hydrogen (secondary N) is 1. The molecule has 2 heterocycles. The number of hydrogen-bond donors (Lipinski definition) is 1. The Bertz CT molecular complexity index is 730. The molecule has 24 heavy (non-hydrogen) atoms. The van der Waals surface area contributed by atoms with E-state index in [1.54, 1.807) is 18.2 Å². The lowest BCUT2D eigenvalue weighted by Gasteiger charge is -2.27. The summed E-state index contributed by atoms with van der Waals surface area (Å²) in [6, 6.07) is 8.98. The molecule has 1 aromatic carbocycles. The van der Waals surface area contributed by atoms with Crippen molar-refractivity contribution in [2.75, 3.05) is 43.6 Å². The molecule has 1 aromatic heterocycles. The van der Waals surface area contributed by atoms with E-state index in [0.29, 0.717) is 30.5 Å². The lowest BCUT2D eigenvalue weighted by atomic mass is 10.2. The van der Waals surface area contributed by atoms with Crippen molar-refractivity contribution < 1.29 is 14.3 Å². The fourth-order valence-corrected chi connectivity index (χ4v) is 2.51. The highest BCUT2D eigenvalue weighted by Gasteiger charge is 2.15. The normalized spacial score (nSPS) is 14.3. The first-order valence-electron chi connectivity index (χ1n) is 7.79. The fourth-order valence-electron chi connectivity index (χ4n) is 2.51. The van der Waals surface area contributed by atoms with Crippen molar-refractivity contribution in [3.8, 4) is 0 Å². The van der Waals surface area contributed by atoms with Gasteiger partial charge in [-0.15, -0.1) is 0 Å². The molecule has 1 aliphatic rings. The molecule has 0 spiro atoms. The van der Waals surface area contributed by atoms with Crippen LogP contribution >= 0.6 is 0 Å². The van der Waals surface area contributed by atoms with Crippen molar-refractivity contribution in [3.05, 3.63) is 41.6 Å². The van der Waals surface area contributed by atoms with E-state index in [0.717, 1.165) is 24.5 Å². The number of rotatable bonds is 4. The molecular weight excluding hydrogens is 308 g/mol. The van der Waals surface area contributed by atoms with E-state index in [4.69, 9.17) is 9.47 Å². The first-order chi connectivity index (χ1) is 11.7. The van der Waals surface area contributed by atoms with Crippen molar-refractivity contribution in [2.45, 2.75) is 6.92 Å². The Hall–Kier alpha value is -2.67. The Labute approximate surface area is 140 Å². The van der Waals surface area contributed by atoms with Gasteiger partial charge in [-0.05, 0) is 25.1 Å². The van der Waals surface area contributed by atoms with Crippen molar-refractivity contribution in [1.29, 1.82) is 0 Å². The molecule has 2 aromatic rings. The Morgan fingerprint density at radius 3 is 2.79 bits per heavy atom. The van der Waals surface area contributed by atoms with Gasteiger partial charge in [0.25, 0.3) is 0 Å². The van der Waals surface area contributed by atoms with Crippen LogP contribution < -0.4 is 10.2 Å². The number of nitrogens with zero attached hydrogens (tertiary/aromatic N) is 3. The van der Waals surface area contributed by atoms with Crippen LogP contribution in [0, 0.1) is 6.92 Å². The van der Waals surface area contributed by atoms with Crippen molar-refractivity contribution in [1.82, 2.24) is 9.97 Å². The Morgan fingerprint density at radius 2 is 2.04 bits per heavy atom. The number of ether oxygens (including phenoxy) is 2. The summed E-state index contributed by atoms with van der Waals surface area (Å²) in [5.41, 5.74) is 2.13. The summed E-state index contributed by atoms with van der Waals surface area (Å²) in [5.74, 6) is 1.00. The third-order valence-corrected chi connectivity index (χ3v) is 3.69. The van der Waals surface area contributed by atoms with E-state index in [9.17, 15) is 4.79 Å². The molecule has 126 valence electrons. The molecule has 0 aliphatic carbocycles. The number of morpholine rings is 1. The van der Waals surface area contributed by atoms with E-state index in [1.165, 1.54) is 7.11 Å². The van der Waals surface area contributed by atoms with Gasteiger partial charge in [-0.2, -0.15) is 4.98 Å². The number of carbonyl (C=O) groups excluding carboxylic acids is 1. The second kappa shape index (κ2) is 7.27. The third-order valence-electron chi connectivity index (χ3n) is 3.69. The van der Waals surface area contributed by atoms with Crippen LogP contribution in [0.25, 0.3) is 0 Å². The summed E-state index contributed by atoms with van der Waals surface area (Å²) in [4.78, 5) is 22.8. The van der Waals surface area contributed by atoms with Gasteiger partial charge < -0.3 is 19.7 Å². The number of benzene rings is 1. The van der Waals surface area contributed by atoms with Gasteiger partial charge in [0.2, 0.25) is 5.95 Å². The molecule has 1 N–H and O–H groups in total. The molecule has 7 nitrogen and oxygen atoms in total. The number of esters is 1. The third kappa shape index (κ3) is 3.80. The van der Waals surface area contributed by atoms with Gasteiger partial charge in [0.05, 0.1) is 25.9 Å². The number of aromatic nitrogens is 2. The predicted molar refractivity (Wildman–Crippen MR) is 90.9 cm³/mol. The van der Waals surface area contributed by atoms with E-state index in [2.05, 4.69) is 20.2 Å². The summed E-state index contributed by atoms with van der Waals surface area (Å²) in [6.45, 7) is 4.85. The standard InChI is InChI=1S/C17H20N4O3/c1-12-10-15(20-17(18-12)21-6-8-24-9-7-21)19-14-5-3-4-13(11-14)16(22)23-2/h3-5,10-11H,6-9H2,1-2H3,(H,18,19,20). The highest BCUT2D eigenvalue weighted by atomic mass is 16.5. The molecular formula is C17H20N4O3. The van der Waals surface area contributed by atoms with E-state index < -0.39 is 0 Å². The van der Waals surface area contributed by atoms with Gasteiger partial charge in [-0.25, -0.2) is 9.78 Å². The van der Waals surface area contributed by atoms with Gasteiger partial charge in [0, 0.05) is 30.5 Å². The lowest BCUT2D eigenvalue weighted by Crippen LogP contribution is -2.37. The SMILES string of the molecule is COC(=O)c1cccc(Nc2cc(C)nc(N3CCOCC3)n2)c1. The molecule has 0 radical (unpaired) electrons. The minimum absolute atomic E-state index is 0.369. The van der Waals surface area contributed by atoms with Gasteiger partial charge >= 0.3 is 5.97 Å². The minimum Gasteiger partial charge on any atom is -0.465 e.